The Morgan fingerprint density at radius 2 is 1.89 bits per heavy atom. The third-order valence-corrected chi connectivity index (χ3v) is 3.65. The van der Waals surface area contributed by atoms with Gasteiger partial charge in [-0.15, -0.1) is 0 Å². The molecule has 0 saturated carbocycles. The topological polar surface area (TPSA) is 33.2 Å². The Labute approximate surface area is 110 Å². The van der Waals surface area contributed by atoms with Crippen LogP contribution in [0.3, 0.4) is 0 Å². The second-order valence-electron chi connectivity index (χ2n) is 4.14. The van der Waals surface area contributed by atoms with Gasteiger partial charge in [0.15, 0.2) is 0 Å². The first kappa shape index (κ1) is 12.8. The average molecular weight is 260 g/mol. The summed E-state index contributed by atoms with van der Waals surface area (Å²) in [6, 6.07) is 13.7. The summed E-state index contributed by atoms with van der Waals surface area (Å²) in [6.07, 6.45) is 3.48. The quantitative estimate of drug-likeness (QED) is 0.846. The van der Waals surface area contributed by atoms with Gasteiger partial charge in [-0.3, -0.25) is 4.21 Å². The number of pyridine rings is 1. The molecular weight excluding hydrogens is 244 g/mol. The molecule has 0 saturated heterocycles. The maximum atomic E-state index is 11.3. The van der Waals surface area contributed by atoms with Crippen LogP contribution in [0.2, 0.25) is 0 Å². The molecule has 2 aromatic rings. The number of hydrogen-bond acceptors (Lipinski definition) is 3. The maximum Gasteiger partial charge on any atom is 0.128 e. The third-order valence-electron chi connectivity index (χ3n) is 2.72. The van der Waals surface area contributed by atoms with Gasteiger partial charge in [-0.2, -0.15) is 0 Å². The van der Waals surface area contributed by atoms with E-state index in [9.17, 15) is 4.21 Å². The molecule has 0 aliphatic heterocycles. The van der Waals surface area contributed by atoms with Crippen molar-refractivity contribution in [3.05, 3.63) is 54.2 Å². The number of benzene rings is 1. The van der Waals surface area contributed by atoms with Crippen LogP contribution in [0.1, 0.15) is 5.56 Å². The molecule has 3 nitrogen and oxygen atoms in total. The molecule has 0 spiro atoms. The van der Waals surface area contributed by atoms with E-state index in [2.05, 4.69) is 9.88 Å². The lowest BCUT2D eigenvalue weighted by Crippen LogP contribution is -2.17. The van der Waals surface area contributed by atoms with Crippen molar-refractivity contribution in [1.82, 2.24) is 4.98 Å². The summed E-state index contributed by atoms with van der Waals surface area (Å²) in [7, 11) is 1.10. The Morgan fingerprint density at radius 3 is 2.44 bits per heavy atom. The number of anilines is 1. The molecule has 0 amide bonds. The monoisotopic (exact) mass is 260 g/mol. The average Bonchev–Trinajstić information content (AvgIpc) is 2.40. The summed E-state index contributed by atoms with van der Waals surface area (Å²) >= 11 is 0. The Hall–Kier alpha value is -1.68. The van der Waals surface area contributed by atoms with Crippen molar-refractivity contribution in [2.45, 2.75) is 11.4 Å². The molecule has 0 fully saturated rings. The van der Waals surface area contributed by atoms with E-state index in [0.29, 0.717) is 0 Å². The minimum absolute atomic E-state index is 0.785. The van der Waals surface area contributed by atoms with E-state index in [1.165, 1.54) is 5.56 Å². The predicted octanol–water partition coefficient (Wildman–Crippen LogP) is 2.46. The van der Waals surface area contributed by atoms with Crippen molar-refractivity contribution in [3.8, 4) is 0 Å². The van der Waals surface area contributed by atoms with E-state index < -0.39 is 10.8 Å². The van der Waals surface area contributed by atoms with E-state index in [1.807, 2.05) is 49.5 Å². The summed E-state index contributed by atoms with van der Waals surface area (Å²) in [5.74, 6) is 0.945. The fourth-order valence-corrected chi connectivity index (χ4v) is 2.24. The number of rotatable bonds is 4. The highest BCUT2D eigenvalue weighted by atomic mass is 32.2. The van der Waals surface area contributed by atoms with E-state index in [-0.39, 0.29) is 0 Å². The first-order valence-corrected chi connectivity index (χ1v) is 7.27. The molecular formula is C14H16N2OS. The summed E-state index contributed by atoms with van der Waals surface area (Å²) in [5.41, 5.74) is 1.18. The summed E-state index contributed by atoms with van der Waals surface area (Å²) in [6.45, 7) is 0.785. The lowest BCUT2D eigenvalue weighted by molar-refractivity contribution is 0.687. The molecule has 0 aliphatic rings. The molecule has 1 aromatic heterocycles. The Kier molecular flexibility index (Phi) is 4.10. The van der Waals surface area contributed by atoms with Gasteiger partial charge in [-0.25, -0.2) is 4.98 Å². The molecule has 2 rings (SSSR count). The molecule has 0 N–H and O–H groups in total. The van der Waals surface area contributed by atoms with Gasteiger partial charge in [0.25, 0.3) is 0 Å². The fourth-order valence-electron chi connectivity index (χ4n) is 1.72. The van der Waals surface area contributed by atoms with E-state index in [0.717, 1.165) is 17.3 Å². The normalized spacial score (nSPS) is 12.1. The van der Waals surface area contributed by atoms with Crippen LogP contribution in [0.4, 0.5) is 5.82 Å². The highest BCUT2D eigenvalue weighted by Crippen LogP contribution is 2.13. The predicted molar refractivity (Wildman–Crippen MR) is 75.1 cm³/mol. The van der Waals surface area contributed by atoms with E-state index in [1.54, 1.807) is 12.5 Å². The van der Waals surface area contributed by atoms with Crippen LogP contribution in [-0.4, -0.2) is 22.5 Å². The van der Waals surface area contributed by atoms with Gasteiger partial charge in [0.2, 0.25) is 0 Å². The van der Waals surface area contributed by atoms with Crippen molar-refractivity contribution in [2.24, 2.45) is 0 Å². The first-order chi connectivity index (χ1) is 8.66. The highest BCUT2D eigenvalue weighted by Gasteiger charge is 2.03. The van der Waals surface area contributed by atoms with Gasteiger partial charge >= 0.3 is 0 Å². The number of aromatic nitrogens is 1. The molecule has 18 heavy (non-hydrogen) atoms. The Bertz CT molecular complexity index is 525. The van der Waals surface area contributed by atoms with Crippen LogP contribution in [-0.2, 0) is 17.3 Å². The van der Waals surface area contributed by atoms with Gasteiger partial charge in [-0.05, 0) is 29.8 Å². The van der Waals surface area contributed by atoms with Gasteiger partial charge in [-0.1, -0.05) is 18.2 Å². The molecule has 1 heterocycles. The van der Waals surface area contributed by atoms with Crippen molar-refractivity contribution in [3.63, 3.8) is 0 Å². The second kappa shape index (κ2) is 5.78. The molecule has 1 aromatic carbocycles. The van der Waals surface area contributed by atoms with Crippen LogP contribution in [0.15, 0.2) is 53.6 Å². The first-order valence-electron chi connectivity index (χ1n) is 5.71. The van der Waals surface area contributed by atoms with Gasteiger partial charge in [0.05, 0.1) is 0 Å². The van der Waals surface area contributed by atoms with Crippen LogP contribution in [0.25, 0.3) is 0 Å². The summed E-state index contributed by atoms with van der Waals surface area (Å²) < 4.78 is 11.3. The van der Waals surface area contributed by atoms with Crippen molar-refractivity contribution < 1.29 is 4.21 Å². The van der Waals surface area contributed by atoms with Crippen LogP contribution in [0, 0.1) is 0 Å². The molecule has 94 valence electrons. The van der Waals surface area contributed by atoms with Gasteiger partial charge in [0, 0.05) is 41.7 Å². The SMILES string of the molecule is CN(Cc1ccc(S(C)=O)cc1)c1ccccn1. The summed E-state index contributed by atoms with van der Waals surface area (Å²) in [4.78, 5) is 7.24. The van der Waals surface area contributed by atoms with Crippen LogP contribution < -0.4 is 4.90 Å². The van der Waals surface area contributed by atoms with Crippen molar-refractivity contribution in [2.75, 3.05) is 18.2 Å². The van der Waals surface area contributed by atoms with Gasteiger partial charge < -0.3 is 4.90 Å². The summed E-state index contributed by atoms with van der Waals surface area (Å²) in [5, 5.41) is 0. The molecule has 1 atom stereocenters. The Morgan fingerprint density at radius 1 is 1.17 bits per heavy atom. The number of nitrogens with zero attached hydrogens (tertiary/aromatic N) is 2. The van der Waals surface area contributed by atoms with E-state index in [4.69, 9.17) is 0 Å². The smallest absolute Gasteiger partial charge is 0.128 e. The molecule has 1 unspecified atom stereocenters. The minimum atomic E-state index is -0.912. The number of hydrogen-bond donors (Lipinski definition) is 0. The lowest BCUT2D eigenvalue weighted by atomic mass is 10.2. The zero-order valence-electron chi connectivity index (χ0n) is 10.5. The zero-order valence-corrected chi connectivity index (χ0v) is 11.4. The largest absolute Gasteiger partial charge is 0.355 e. The minimum Gasteiger partial charge on any atom is -0.355 e. The van der Waals surface area contributed by atoms with E-state index >= 15 is 0 Å². The maximum absolute atomic E-state index is 11.3. The van der Waals surface area contributed by atoms with Crippen molar-refractivity contribution in [1.29, 1.82) is 0 Å². The van der Waals surface area contributed by atoms with Gasteiger partial charge in [0.1, 0.15) is 5.82 Å². The standard InChI is InChI=1S/C14H16N2OS/c1-16(14-5-3-4-10-15-14)11-12-6-8-13(9-7-12)18(2)17/h3-10H,11H2,1-2H3. The zero-order chi connectivity index (χ0) is 13.0. The second-order valence-corrected chi connectivity index (χ2v) is 5.52. The molecule has 4 heteroatoms. The van der Waals surface area contributed by atoms with Crippen LogP contribution in [0.5, 0.6) is 0 Å². The fraction of sp³-hybridized carbons (Fsp3) is 0.214. The molecule has 0 aliphatic carbocycles. The van der Waals surface area contributed by atoms with Crippen LogP contribution >= 0.6 is 0 Å². The lowest BCUT2D eigenvalue weighted by Gasteiger charge is -2.18. The highest BCUT2D eigenvalue weighted by molar-refractivity contribution is 7.84. The third kappa shape index (κ3) is 3.17. The molecule has 0 radical (unpaired) electrons. The van der Waals surface area contributed by atoms with Crippen molar-refractivity contribution >= 4 is 16.6 Å². The molecule has 0 bridgehead atoms. The Balaban J connectivity index is 2.08.